The molecule has 2 rings (SSSR count). The van der Waals surface area contributed by atoms with Crippen LogP contribution < -0.4 is 0 Å². The summed E-state index contributed by atoms with van der Waals surface area (Å²) in [6, 6.07) is 13.0. The van der Waals surface area contributed by atoms with Crippen LogP contribution in [0.2, 0.25) is 0 Å². The predicted octanol–water partition coefficient (Wildman–Crippen LogP) is 3.32. The van der Waals surface area contributed by atoms with Crippen molar-refractivity contribution in [2.75, 3.05) is 13.6 Å². The van der Waals surface area contributed by atoms with Gasteiger partial charge in [0.2, 0.25) is 0 Å². The molecule has 0 spiro atoms. The maximum atomic E-state index is 9.48. The molecule has 1 aromatic carbocycles. The topological polar surface area (TPSA) is 27.0 Å². The Labute approximate surface area is 110 Å². The first-order valence-electron chi connectivity index (χ1n) is 6.52. The molecule has 2 heteroatoms. The van der Waals surface area contributed by atoms with Gasteiger partial charge in [-0.3, -0.25) is 0 Å². The van der Waals surface area contributed by atoms with Crippen LogP contribution in [0.1, 0.15) is 25.8 Å². The number of likely N-dealkylation sites (tertiary alicyclic amines) is 1. The molecule has 0 N–H and O–H groups in total. The van der Waals surface area contributed by atoms with Crippen LogP contribution in [-0.2, 0) is 0 Å². The molecular weight excluding hydrogens is 220 g/mol. The number of piperidine rings is 1. The van der Waals surface area contributed by atoms with E-state index < -0.39 is 0 Å². The van der Waals surface area contributed by atoms with Crippen LogP contribution >= 0.6 is 0 Å². The zero-order valence-corrected chi connectivity index (χ0v) is 11.4. The van der Waals surface area contributed by atoms with Gasteiger partial charge in [0.05, 0.1) is 11.6 Å². The highest BCUT2D eigenvalue weighted by Crippen LogP contribution is 2.32. The van der Waals surface area contributed by atoms with E-state index in [1.54, 1.807) is 0 Å². The highest BCUT2D eigenvalue weighted by Gasteiger charge is 2.26. The Balaban J connectivity index is 2.42. The molecule has 0 amide bonds. The molecule has 1 heterocycles. The van der Waals surface area contributed by atoms with Crippen molar-refractivity contribution in [3.8, 4) is 6.07 Å². The van der Waals surface area contributed by atoms with Crippen molar-refractivity contribution in [2.24, 2.45) is 5.92 Å². The van der Waals surface area contributed by atoms with Crippen molar-refractivity contribution in [1.82, 2.24) is 4.90 Å². The summed E-state index contributed by atoms with van der Waals surface area (Å²) < 4.78 is 0. The molecule has 18 heavy (non-hydrogen) atoms. The number of allylic oxidation sites excluding steroid dienone is 1. The Bertz CT molecular complexity index is 482. The second-order valence-corrected chi connectivity index (χ2v) is 5.27. The molecule has 2 atom stereocenters. The zero-order chi connectivity index (χ0) is 13.1. The molecular formula is C16H20N2. The number of hydrogen-bond acceptors (Lipinski definition) is 2. The summed E-state index contributed by atoms with van der Waals surface area (Å²) in [7, 11) is 2.16. The first-order chi connectivity index (χ1) is 8.63. The lowest BCUT2D eigenvalue weighted by molar-refractivity contribution is 0.198. The molecule has 2 nitrogen and oxygen atoms in total. The minimum absolute atomic E-state index is 0.459. The molecule has 1 saturated heterocycles. The maximum absolute atomic E-state index is 9.48. The van der Waals surface area contributed by atoms with E-state index in [0.29, 0.717) is 12.0 Å². The molecule has 0 bridgehead atoms. The maximum Gasteiger partial charge on any atom is 0.0997 e. The summed E-state index contributed by atoms with van der Waals surface area (Å²) in [4.78, 5) is 2.37. The minimum Gasteiger partial charge on any atom is -0.303 e. The van der Waals surface area contributed by atoms with Crippen molar-refractivity contribution in [1.29, 1.82) is 5.26 Å². The Morgan fingerprint density at radius 2 is 1.94 bits per heavy atom. The summed E-state index contributed by atoms with van der Waals surface area (Å²) in [6.07, 6.45) is 0.995. The summed E-state index contributed by atoms with van der Waals surface area (Å²) in [6.45, 7) is 5.48. The van der Waals surface area contributed by atoms with Gasteiger partial charge >= 0.3 is 0 Å². The van der Waals surface area contributed by atoms with Crippen LogP contribution in [-0.4, -0.2) is 24.5 Å². The zero-order valence-electron chi connectivity index (χ0n) is 11.4. The number of hydrogen-bond donors (Lipinski definition) is 0. The largest absolute Gasteiger partial charge is 0.303 e. The van der Waals surface area contributed by atoms with E-state index in [-0.39, 0.29) is 0 Å². The molecule has 1 aliphatic rings. The van der Waals surface area contributed by atoms with Crippen molar-refractivity contribution in [3.63, 3.8) is 0 Å². The van der Waals surface area contributed by atoms with Gasteiger partial charge in [-0.25, -0.2) is 0 Å². The van der Waals surface area contributed by atoms with E-state index >= 15 is 0 Å². The second kappa shape index (κ2) is 5.37. The van der Waals surface area contributed by atoms with Gasteiger partial charge in [-0.1, -0.05) is 37.3 Å². The van der Waals surface area contributed by atoms with Crippen molar-refractivity contribution < 1.29 is 0 Å². The predicted molar refractivity (Wildman–Crippen MR) is 74.8 cm³/mol. The van der Waals surface area contributed by atoms with Crippen molar-refractivity contribution >= 4 is 5.57 Å². The van der Waals surface area contributed by atoms with E-state index in [0.717, 1.165) is 24.1 Å². The molecule has 0 aliphatic carbocycles. The number of benzene rings is 1. The highest BCUT2D eigenvalue weighted by molar-refractivity contribution is 5.79. The molecule has 0 aromatic heterocycles. The normalized spacial score (nSPS) is 27.7. The van der Waals surface area contributed by atoms with Gasteiger partial charge < -0.3 is 4.90 Å². The Morgan fingerprint density at radius 3 is 2.56 bits per heavy atom. The highest BCUT2D eigenvalue weighted by atomic mass is 15.1. The monoisotopic (exact) mass is 240 g/mol. The summed E-state index contributed by atoms with van der Waals surface area (Å²) in [5.41, 5.74) is 3.25. The summed E-state index contributed by atoms with van der Waals surface area (Å²) >= 11 is 0. The van der Waals surface area contributed by atoms with Gasteiger partial charge in [0.25, 0.3) is 0 Å². The van der Waals surface area contributed by atoms with E-state index in [4.69, 9.17) is 0 Å². The van der Waals surface area contributed by atoms with Crippen molar-refractivity contribution in [2.45, 2.75) is 26.3 Å². The molecule has 0 saturated carbocycles. The molecule has 94 valence electrons. The standard InChI is InChI=1S/C16H20N2/c1-12-11-18(3)13(2)9-15(12)16(10-17)14-7-5-4-6-8-14/h4-8,12-13H,9,11H2,1-3H3/b16-15+. The van der Waals surface area contributed by atoms with Crippen LogP contribution in [0, 0.1) is 17.2 Å². The van der Waals surface area contributed by atoms with Crippen LogP contribution in [0.25, 0.3) is 5.57 Å². The molecule has 1 aromatic rings. The SMILES string of the molecule is CC1CN(C)C(C)C/C1=C(/C#N)c1ccccc1. The van der Waals surface area contributed by atoms with Crippen LogP contribution in [0.5, 0.6) is 0 Å². The van der Waals surface area contributed by atoms with E-state index in [9.17, 15) is 5.26 Å². The average molecular weight is 240 g/mol. The van der Waals surface area contributed by atoms with Crippen LogP contribution in [0.3, 0.4) is 0 Å². The van der Waals surface area contributed by atoms with E-state index in [1.807, 2.05) is 30.3 Å². The summed E-state index contributed by atoms with van der Waals surface area (Å²) in [5, 5.41) is 9.48. The lowest BCUT2D eigenvalue weighted by atomic mass is 9.84. The average Bonchev–Trinajstić information content (AvgIpc) is 2.38. The van der Waals surface area contributed by atoms with Crippen LogP contribution in [0.15, 0.2) is 35.9 Å². The Morgan fingerprint density at radius 1 is 1.28 bits per heavy atom. The number of nitrogens with zero attached hydrogens (tertiary/aromatic N) is 2. The summed E-state index contributed by atoms with van der Waals surface area (Å²) in [5.74, 6) is 0.459. The van der Waals surface area contributed by atoms with Gasteiger partial charge in [0.1, 0.15) is 0 Å². The van der Waals surface area contributed by atoms with Gasteiger partial charge in [-0.2, -0.15) is 5.26 Å². The fourth-order valence-corrected chi connectivity index (χ4v) is 2.67. The molecule has 0 radical (unpaired) electrons. The third kappa shape index (κ3) is 2.47. The number of nitriles is 1. The number of rotatable bonds is 1. The lowest BCUT2D eigenvalue weighted by Gasteiger charge is -2.36. The lowest BCUT2D eigenvalue weighted by Crippen LogP contribution is -2.39. The third-order valence-corrected chi connectivity index (χ3v) is 3.92. The van der Waals surface area contributed by atoms with Gasteiger partial charge in [-0.15, -0.1) is 0 Å². The quantitative estimate of drug-likeness (QED) is 0.704. The molecule has 1 aliphatic heterocycles. The Kier molecular flexibility index (Phi) is 3.84. The van der Waals surface area contributed by atoms with E-state index in [2.05, 4.69) is 31.9 Å². The second-order valence-electron chi connectivity index (χ2n) is 5.27. The van der Waals surface area contributed by atoms with Gasteiger partial charge in [0.15, 0.2) is 0 Å². The first kappa shape index (κ1) is 12.9. The minimum atomic E-state index is 0.459. The third-order valence-electron chi connectivity index (χ3n) is 3.92. The Hall–Kier alpha value is -1.59. The first-order valence-corrected chi connectivity index (χ1v) is 6.52. The van der Waals surface area contributed by atoms with Gasteiger partial charge in [0, 0.05) is 12.6 Å². The molecule has 1 fully saturated rings. The van der Waals surface area contributed by atoms with Crippen molar-refractivity contribution in [3.05, 3.63) is 41.5 Å². The van der Waals surface area contributed by atoms with E-state index in [1.165, 1.54) is 5.57 Å². The smallest absolute Gasteiger partial charge is 0.0997 e. The van der Waals surface area contributed by atoms with Gasteiger partial charge in [-0.05, 0) is 37.4 Å². The van der Waals surface area contributed by atoms with Crippen LogP contribution in [0.4, 0.5) is 0 Å². The fraction of sp³-hybridized carbons (Fsp3) is 0.438. The molecule has 2 unspecified atom stereocenters. The fourth-order valence-electron chi connectivity index (χ4n) is 2.67.